The number of hydrogen-bond donors (Lipinski definition) is 1. The van der Waals surface area contributed by atoms with Crippen molar-refractivity contribution in [1.29, 1.82) is 0 Å². The van der Waals surface area contributed by atoms with Crippen LogP contribution in [0.4, 0.5) is 0 Å². The molecule has 9 heteroatoms. The van der Waals surface area contributed by atoms with E-state index in [0.717, 1.165) is 52.0 Å². The van der Waals surface area contributed by atoms with Crippen molar-refractivity contribution in [3.8, 4) is 11.5 Å². The summed E-state index contributed by atoms with van der Waals surface area (Å²) < 4.78 is 44.7. The first kappa shape index (κ1) is 28.6. The number of para-hydroxylation sites is 1. The summed E-state index contributed by atoms with van der Waals surface area (Å²) in [5, 5.41) is 5.71. The number of sulfone groups is 1. The molecule has 1 aliphatic heterocycles. The van der Waals surface area contributed by atoms with E-state index in [1.165, 1.54) is 16.9 Å². The first-order valence-electron chi connectivity index (χ1n) is 14.2. The summed E-state index contributed by atoms with van der Waals surface area (Å²) in [6.07, 6.45) is 1.39. The van der Waals surface area contributed by atoms with Crippen LogP contribution in [0.2, 0.25) is 0 Å². The summed E-state index contributed by atoms with van der Waals surface area (Å²) in [4.78, 5) is 4.30. The van der Waals surface area contributed by atoms with E-state index < -0.39 is 9.84 Å². The number of nitrogens with zero attached hydrogens (tertiary/aromatic N) is 1. The molecule has 0 saturated carbocycles. The van der Waals surface area contributed by atoms with Crippen molar-refractivity contribution in [3.05, 3.63) is 96.1 Å². The number of methoxy groups -OCH3 is 1. The van der Waals surface area contributed by atoms with Crippen LogP contribution >= 0.6 is 11.3 Å². The van der Waals surface area contributed by atoms with Gasteiger partial charge in [0.05, 0.1) is 42.4 Å². The summed E-state index contributed by atoms with van der Waals surface area (Å²) in [5.74, 6) is 1.85. The molecule has 0 bridgehead atoms. The SMILES string of the molecule is COc1c(COC2CNCCC2c2ccc(OCCCS(=O)(=O)c3nc4ccccc4s3)cc2)ccc2ccccc12. The molecule has 42 heavy (non-hydrogen) atoms. The molecule has 2 unspecified atom stereocenters. The first-order chi connectivity index (χ1) is 20.5. The van der Waals surface area contributed by atoms with Gasteiger partial charge in [0.2, 0.25) is 14.2 Å². The van der Waals surface area contributed by atoms with E-state index >= 15 is 0 Å². The van der Waals surface area contributed by atoms with Crippen LogP contribution in [0.1, 0.15) is 29.9 Å². The maximum atomic E-state index is 12.8. The Hall–Kier alpha value is -3.50. The molecular weight excluding hydrogens is 569 g/mol. The van der Waals surface area contributed by atoms with Crippen molar-refractivity contribution in [3.63, 3.8) is 0 Å². The second kappa shape index (κ2) is 12.8. The highest BCUT2D eigenvalue weighted by atomic mass is 32.2. The lowest BCUT2D eigenvalue weighted by Gasteiger charge is -2.32. The van der Waals surface area contributed by atoms with E-state index in [2.05, 4.69) is 46.7 Å². The Morgan fingerprint density at radius 2 is 1.79 bits per heavy atom. The summed E-state index contributed by atoms with van der Waals surface area (Å²) in [6, 6.07) is 28.0. The molecule has 4 aromatic carbocycles. The van der Waals surface area contributed by atoms with Gasteiger partial charge in [-0.2, -0.15) is 0 Å². The number of aromatic nitrogens is 1. The Morgan fingerprint density at radius 1 is 0.976 bits per heavy atom. The fourth-order valence-corrected chi connectivity index (χ4v) is 8.18. The van der Waals surface area contributed by atoms with E-state index in [-0.39, 0.29) is 22.1 Å². The molecular formula is C33H34N2O5S2. The van der Waals surface area contributed by atoms with Gasteiger partial charge < -0.3 is 19.5 Å². The van der Waals surface area contributed by atoms with Gasteiger partial charge in [0.25, 0.3) is 0 Å². The number of piperidine rings is 1. The Kier molecular flexibility index (Phi) is 8.71. The molecule has 1 saturated heterocycles. The van der Waals surface area contributed by atoms with E-state index in [1.807, 2.05) is 48.5 Å². The molecule has 5 aromatic rings. The zero-order valence-corrected chi connectivity index (χ0v) is 25.1. The average Bonchev–Trinajstić information content (AvgIpc) is 3.48. The number of rotatable bonds is 11. The van der Waals surface area contributed by atoms with Crippen LogP contribution in [-0.2, 0) is 21.2 Å². The predicted molar refractivity (Wildman–Crippen MR) is 168 cm³/mol. The second-order valence-corrected chi connectivity index (χ2v) is 13.8. The smallest absolute Gasteiger partial charge is 0.210 e. The number of hydrogen-bond acceptors (Lipinski definition) is 8. The maximum Gasteiger partial charge on any atom is 0.210 e. The number of nitrogens with one attached hydrogen (secondary N) is 1. The van der Waals surface area contributed by atoms with Crippen molar-refractivity contribution >= 4 is 42.2 Å². The molecule has 0 amide bonds. The minimum Gasteiger partial charge on any atom is -0.496 e. The van der Waals surface area contributed by atoms with Crippen molar-refractivity contribution in [2.24, 2.45) is 0 Å². The fourth-order valence-electron chi connectivity index (χ4n) is 5.55. The zero-order chi connectivity index (χ0) is 28.9. The molecule has 1 aromatic heterocycles. The van der Waals surface area contributed by atoms with Gasteiger partial charge in [-0.05, 0) is 54.6 Å². The fraction of sp³-hybridized carbons (Fsp3) is 0.303. The van der Waals surface area contributed by atoms with E-state index in [1.54, 1.807) is 7.11 Å². The van der Waals surface area contributed by atoms with Gasteiger partial charge in [-0.25, -0.2) is 13.4 Å². The van der Waals surface area contributed by atoms with Crippen LogP contribution in [0.15, 0.2) is 89.3 Å². The molecule has 1 N–H and O–H groups in total. The molecule has 0 spiro atoms. The standard InChI is InChI=1S/C33H34N2O5S2/c1-38-32-25(12-11-23-7-2-3-8-28(23)32)22-40-30-21-34-18-17-27(30)24-13-15-26(16-14-24)39-19-6-20-42(36,37)33-35-29-9-4-5-10-31(29)41-33/h2-5,7-16,27,30,34H,6,17-22H2,1H3. The van der Waals surface area contributed by atoms with Crippen molar-refractivity contribution in [2.45, 2.75) is 35.8 Å². The van der Waals surface area contributed by atoms with Crippen LogP contribution in [0.5, 0.6) is 11.5 Å². The largest absolute Gasteiger partial charge is 0.496 e. The zero-order valence-electron chi connectivity index (χ0n) is 23.5. The minimum atomic E-state index is -3.45. The lowest BCUT2D eigenvalue weighted by Crippen LogP contribution is -2.41. The van der Waals surface area contributed by atoms with Gasteiger partial charge in [0, 0.05) is 23.4 Å². The van der Waals surface area contributed by atoms with Gasteiger partial charge in [0.1, 0.15) is 11.5 Å². The molecule has 0 radical (unpaired) electrons. The second-order valence-electron chi connectivity index (χ2n) is 10.5. The summed E-state index contributed by atoms with van der Waals surface area (Å²) >= 11 is 1.22. The first-order valence-corrected chi connectivity index (χ1v) is 16.7. The van der Waals surface area contributed by atoms with Gasteiger partial charge in [-0.1, -0.05) is 60.7 Å². The lowest BCUT2D eigenvalue weighted by atomic mass is 9.87. The number of thiazole rings is 1. The van der Waals surface area contributed by atoms with Gasteiger partial charge >= 0.3 is 0 Å². The van der Waals surface area contributed by atoms with Gasteiger partial charge in [-0.3, -0.25) is 0 Å². The third kappa shape index (κ3) is 6.29. The number of ether oxygens (including phenoxy) is 3. The van der Waals surface area contributed by atoms with Crippen LogP contribution in [0.3, 0.4) is 0 Å². The highest BCUT2D eigenvalue weighted by molar-refractivity contribution is 7.93. The Labute approximate surface area is 250 Å². The van der Waals surface area contributed by atoms with E-state index in [4.69, 9.17) is 14.2 Å². The van der Waals surface area contributed by atoms with Crippen molar-refractivity contribution < 1.29 is 22.6 Å². The highest BCUT2D eigenvalue weighted by Crippen LogP contribution is 2.33. The highest BCUT2D eigenvalue weighted by Gasteiger charge is 2.28. The molecule has 0 aliphatic carbocycles. The maximum absolute atomic E-state index is 12.8. The molecule has 1 fully saturated rings. The minimum absolute atomic E-state index is 0.000984. The van der Waals surface area contributed by atoms with E-state index in [0.29, 0.717) is 25.2 Å². The summed E-state index contributed by atoms with van der Waals surface area (Å²) in [6.45, 7) is 2.50. The van der Waals surface area contributed by atoms with Crippen LogP contribution in [-0.4, -0.2) is 52.1 Å². The van der Waals surface area contributed by atoms with Crippen molar-refractivity contribution in [2.75, 3.05) is 32.6 Å². The predicted octanol–water partition coefficient (Wildman–Crippen LogP) is 6.36. The number of fused-ring (bicyclic) bond motifs is 2. The normalized spacial score (nSPS) is 17.5. The Balaban J connectivity index is 1.04. The molecule has 7 nitrogen and oxygen atoms in total. The van der Waals surface area contributed by atoms with Gasteiger partial charge in [-0.15, -0.1) is 11.3 Å². The summed E-state index contributed by atoms with van der Waals surface area (Å²) in [7, 11) is -1.74. The average molecular weight is 603 g/mol. The quantitative estimate of drug-likeness (QED) is 0.176. The molecule has 218 valence electrons. The van der Waals surface area contributed by atoms with Crippen LogP contribution in [0, 0.1) is 0 Å². The molecule has 6 rings (SSSR count). The topological polar surface area (TPSA) is 86.8 Å². The van der Waals surface area contributed by atoms with Crippen LogP contribution < -0.4 is 14.8 Å². The summed E-state index contributed by atoms with van der Waals surface area (Å²) in [5.41, 5.74) is 2.96. The Morgan fingerprint density at radius 3 is 2.62 bits per heavy atom. The monoisotopic (exact) mass is 602 g/mol. The van der Waals surface area contributed by atoms with Gasteiger partial charge in [0.15, 0.2) is 0 Å². The van der Waals surface area contributed by atoms with E-state index in [9.17, 15) is 8.42 Å². The lowest BCUT2D eigenvalue weighted by molar-refractivity contribution is 0.00989. The van der Waals surface area contributed by atoms with Crippen molar-refractivity contribution in [1.82, 2.24) is 10.3 Å². The van der Waals surface area contributed by atoms with Crippen LogP contribution in [0.25, 0.3) is 21.0 Å². The third-order valence-electron chi connectivity index (χ3n) is 7.72. The Bertz CT molecular complexity index is 1740. The number of benzene rings is 4. The molecule has 2 heterocycles. The molecule has 2 atom stereocenters. The third-order valence-corrected chi connectivity index (χ3v) is 11.0. The molecule has 1 aliphatic rings.